The van der Waals surface area contributed by atoms with Crippen LogP contribution in [0.15, 0.2) is 28.9 Å². The maximum atomic E-state index is 8.27. The molecule has 1 rings (SSSR count). The molecule has 0 aliphatic heterocycles. The molecule has 0 aliphatic carbocycles. The van der Waals surface area contributed by atoms with Crippen LogP contribution in [0, 0.1) is 11.3 Å². The molecule has 0 aliphatic rings. The first-order chi connectivity index (χ1) is 4.84. The van der Waals surface area contributed by atoms with Gasteiger partial charge in [-0.15, -0.1) is 0 Å². The normalized spacial score (nSPS) is 11.0. The van der Waals surface area contributed by atoms with Crippen LogP contribution in [-0.2, 0) is 0 Å². The Balaban J connectivity index is 2.90. The van der Waals surface area contributed by atoms with E-state index in [1.807, 2.05) is 19.1 Å². The SMILES string of the molecule is CC(=CC#N)c1ccco1. The summed E-state index contributed by atoms with van der Waals surface area (Å²) in [5, 5.41) is 8.27. The summed E-state index contributed by atoms with van der Waals surface area (Å²) in [6.45, 7) is 1.84. The van der Waals surface area contributed by atoms with Gasteiger partial charge in [0.05, 0.1) is 12.3 Å². The molecular formula is C8H7NO. The molecule has 0 saturated carbocycles. The van der Waals surface area contributed by atoms with Crippen LogP contribution in [-0.4, -0.2) is 0 Å². The van der Waals surface area contributed by atoms with Gasteiger partial charge in [-0.25, -0.2) is 0 Å². The summed E-state index contributed by atoms with van der Waals surface area (Å²) < 4.78 is 5.03. The quantitative estimate of drug-likeness (QED) is 0.550. The monoisotopic (exact) mass is 133 g/mol. The molecule has 1 heterocycles. The Morgan fingerprint density at radius 2 is 2.60 bits per heavy atom. The summed E-state index contributed by atoms with van der Waals surface area (Å²) in [6, 6.07) is 5.55. The van der Waals surface area contributed by atoms with E-state index in [4.69, 9.17) is 9.68 Å². The molecule has 50 valence electrons. The molecule has 0 unspecified atom stereocenters. The molecule has 0 saturated heterocycles. The Bertz CT molecular complexity index is 264. The zero-order valence-corrected chi connectivity index (χ0v) is 5.66. The smallest absolute Gasteiger partial charge is 0.130 e. The highest BCUT2D eigenvalue weighted by atomic mass is 16.3. The third-order valence-corrected chi connectivity index (χ3v) is 1.19. The summed E-state index contributed by atoms with van der Waals surface area (Å²) in [5.74, 6) is 0.751. The van der Waals surface area contributed by atoms with Gasteiger partial charge in [-0.05, 0) is 19.1 Å². The molecule has 0 atom stereocenters. The van der Waals surface area contributed by atoms with E-state index in [1.165, 1.54) is 6.08 Å². The van der Waals surface area contributed by atoms with Gasteiger partial charge in [-0.3, -0.25) is 0 Å². The first kappa shape index (κ1) is 6.63. The van der Waals surface area contributed by atoms with E-state index in [2.05, 4.69) is 0 Å². The van der Waals surface area contributed by atoms with E-state index in [1.54, 1.807) is 12.3 Å². The molecule has 0 aromatic carbocycles. The number of nitrogens with zero attached hydrogens (tertiary/aromatic N) is 1. The summed E-state index contributed by atoms with van der Waals surface area (Å²) >= 11 is 0. The van der Waals surface area contributed by atoms with Gasteiger partial charge in [0.25, 0.3) is 0 Å². The third-order valence-electron chi connectivity index (χ3n) is 1.19. The van der Waals surface area contributed by atoms with Crippen molar-refractivity contribution in [3.8, 4) is 6.07 Å². The number of rotatable bonds is 1. The Labute approximate surface area is 59.4 Å². The van der Waals surface area contributed by atoms with Crippen LogP contribution < -0.4 is 0 Å². The van der Waals surface area contributed by atoms with Gasteiger partial charge in [-0.2, -0.15) is 5.26 Å². The van der Waals surface area contributed by atoms with Crippen LogP contribution in [0.25, 0.3) is 5.57 Å². The Morgan fingerprint density at radius 3 is 3.10 bits per heavy atom. The lowest BCUT2D eigenvalue weighted by molar-refractivity contribution is 0.553. The predicted molar refractivity (Wildman–Crippen MR) is 38.0 cm³/mol. The van der Waals surface area contributed by atoms with Crippen molar-refractivity contribution in [2.24, 2.45) is 0 Å². The maximum absolute atomic E-state index is 8.27. The fraction of sp³-hybridized carbons (Fsp3) is 0.125. The van der Waals surface area contributed by atoms with Crippen molar-refractivity contribution in [1.29, 1.82) is 5.26 Å². The lowest BCUT2D eigenvalue weighted by Gasteiger charge is -1.88. The fourth-order valence-corrected chi connectivity index (χ4v) is 0.671. The number of furan rings is 1. The van der Waals surface area contributed by atoms with Crippen LogP contribution in [0.1, 0.15) is 12.7 Å². The molecule has 0 bridgehead atoms. The molecule has 0 spiro atoms. The predicted octanol–water partition coefficient (Wildman–Crippen LogP) is 2.21. The molecule has 0 fully saturated rings. The van der Waals surface area contributed by atoms with Crippen LogP contribution in [0.4, 0.5) is 0 Å². The van der Waals surface area contributed by atoms with Crippen molar-refractivity contribution >= 4 is 5.57 Å². The second kappa shape index (κ2) is 2.88. The highest BCUT2D eigenvalue weighted by Gasteiger charge is 1.95. The Hall–Kier alpha value is -1.49. The highest BCUT2D eigenvalue weighted by molar-refractivity contribution is 5.61. The summed E-state index contributed by atoms with van der Waals surface area (Å²) in [4.78, 5) is 0. The van der Waals surface area contributed by atoms with Crippen molar-refractivity contribution in [3.63, 3.8) is 0 Å². The van der Waals surface area contributed by atoms with Crippen molar-refractivity contribution in [2.75, 3.05) is 0 Å². The molecule has 2 nitrogen and oxygen atoms in total. The summed E-state index contributed by atoms with van der Waals surface area (Å²) in [6.07, 6.45) is 3.04. The number of hydrogen-bond donors (Lipinski definition) is 0. The number of nitriles is 1. The zero-order chi connectivity index (χ0) is 7.40. The molecule has 10 heavy (non-hydrogen) atoms. The number of allylic oxidation sites excluding steroid dienone is 2. The van der Waals surface area contributed by atoms with Gasteiger partial charge in [-0.1, -0.05) is 0 Å². The van der Waals surface area contributed by atoms with Crippen LogP contribution in [0.2, 0.25) is 0 Å². The molecule has 0 N–H and O–H groups in total. The van der Waals surface area contributed by atoms with Crippen molar-refractivity contribution in [1.82, 2.24) is 0 Å². The van der Waals surface area contributed by atoms with Gasteiger partial charge in [0.2, 0.25) is 0 Å². The van der Waals surface area contributed by atoms with E-state index >= 15 is 0 Å². The van der Waals surface area contributed by atoms with Gasteiger partial charge in [0, 0.05) is 11.6 Å². The van der Waals surface area contributed by atoms with Crippen LogP contribution in [0.3, 0.4) is 0 Å². The summed E-state index contributed by atoms with van der Waals surface area (Å²) in [5.41, 5.74) is 0.854. The molecule has 0 amide bonds. The van der Waals surface area contributed by atoms with Crippen molar-refractivity contribution < 1.29 is 4.42 Å². The molecule has 1 aromatic heterocycles. The van der Waals surface area contributed by atoms with E-state index in [0.717, 1.165) is 11.3 Å². The lowest BCUT2D eigenvalue weighted by atomic mass is 10.2. The van der Waals surface area contributed by atoms with Gasteiger partial charge < -0.3 is 4.42 Å². The van der Waals surface area contributed by atoms with Gasteiger partial charge in [0.15, 0.2) is 0 Å². The second-order valence-electron chi connectivity index (χ2n) is 1.93. The first-order valence-corrected chi connectivity index (χ1v) is 2.95. The third kappa shape index (κ3) is 1.26. The number of hydrogen-bond acceptors (Lipinski definition) is 2. The van der Waals surface area contributed by atoms with Crippen molar-refractivity contribution in [3.05, 3.63) is 30.2 Å². The minimum Gasteiger partial charge on any atom is -0.465 e. The maximum Gasteiger partial charge on any atom is 0.130 e. The van der Waals surface area contributed by atoms with E-state index in [-0.39, 0.29) is 0 Å². The highest BCUT2D eigenvalue weighted by Crippen LogP contribution is 2.12. The van der Waals surface area contributed by atoms with Crippen LogP contribution >= 0.6 is 0 Å². The standard InChI is InChI=1S/C8H7NO/c1-7(4-5-9)8-3-2-6-10-8/h2-4,6H,1H3. The average Bonchev–Trinajstić information content (AvgIpc) is 2.38. The molecule has 1 aromatic rings. The van der Waals surface area contributed by atoms with Gasteiger partial charge in [0.1, 0.15) is 5.76 Å². The van der Waals surface area contributed by atoms with Gasteiger partial charge >= 0.3 is 0 Å². The average molecular weight is 133 g/mol. The van der Waals surface area contributed by atoms with E-state index in [9.17, 15) is 0 Å². The van der Waals surface area contributed by atoms with Crippen molar-refractivity contribution in [2.45, 2.75) is 6.92 Å². The fourth-order valence-electron chi connectivity index (χ4n) is 0.671. The Morgan fingerprint density at radius 1 is 1.80 bits per heavy atom. The largest absolute Gasteiger partial charge is 0.465 e. The zero-order valence-electron chi connectivity index (χ0n) is 5.66. The topological polar surface area (TPSA) is 36.9 Å². The summed E-state index contributed by atoms with van der Waals surface area (Å²) in [7, 11) is 0. The van der Waals surface area contributed by atoms with E-state index in [0.29, 0.717) is 0 Å². The van der Waals surface area contributed by atoms with E-state index < -0.39 is 0 Å². The Kier molecular flexibility index (Phi) is 1.91. The minimum atomic E-state index is 0.751. The molecule has 2 heteroatoms. The minimum absolute atomic E-state index is 0.751. The molecular weight excluding hydrogens is 126 g/mol. The lowest BCUT2D eigenvalue weighted by Crippen LogP contribution is -1.70. The van der Waals surface area contributed by atoms with Crippen LogP contribution in [0.5, 0.6) is 0 Å². The second-order valence-corrected chi connectivity index (χ2v) is 1.93. The molecule has 0 radical (unpaired) electrons. The first-order valence-electron chi connectivity index (χ1n) is 2.95.